The normalized spacial score (nSPS) is 30.1. The fourth-order valence-electron chi connectivity index (χ4n) is 2.66. The molecule has 2 rings (SSSR count). The standard InChI is InChI=1S/C13H24N2O/c1-2-11-9-12(11)15-13(16)4-3-10-5-7-14-8-6-10/h10-12,14H,2-9H2,1H3,(H,15,16). The maximum absolute atomic E-state index is 11.7. The van der Waals surface area contributed by atoms with E-state index in [9.17, 15) is 4.79 Å². The molecule has 0 aromatic rings. The summed E-state index contributed by atoms with van der Waals surface area (Å²) in [4.78, 5) is 11.7. The van der Waals surface area contributed by atoms with Gasteiger partial charge in [0.25, 0.3) is 0 Å². The van der Waals surface area contributed by atoms with E-state index in [-0.39, 0.29) is 5.91 Å². The minimum absolute atomic E-state index is 0.277. The molecule has 0 aromatic heterocycles. The van der Waals surface area contributed by atoms with E-state index in [0.29, 0.717) is 6.04 Å². The maximum atomic E-state index is 11.7. The highest BCUT2D eigenvalue weighted by Crippen LogP contribution is 2.33. The lowest BCUT2D eigenvalue weighted by atomic mass is 9.93. The molecule has 1 saturated heterocycles. The Balaban J connectivity index is 1.57. The molecule has 3 nitrogen and oxygen atoms in total. The summed E-state index contributed by atoms with van der Waals surface area (Å²) in [6.07, 6.45) is 6.71. The van der Waals surface area contributed by atoms with E-state index >= 15 is 0 Å². The molecule has 3 heteroatoms. The van der Waals surface area contributed by atoms with Crippen LogP contribution in [0.4, 0.5) is 0 Å². The van der Waals surface area contributed by atoms with Crippen LogP contribution in [0.25, 0.3) is 0 Å². The van der Waals surface area contributed by atoms with E-state index in [1.807, 2.05) is 0 Å². The lowest BCUT2D eigenvalue weighted by molar-refractivity contribution is -0.121. The third-order valence-electron chi connectivity index (χ3n) is 4.03. The van der Waals surface area contributed by atoms with Crippen molar-refractivity contribution in [3.05, 3.63) is 0 Å². The van der Waals surface area contributed by atoms with E-state index in [1.165, 1.54) is 25.7 Å². The number of carbonyl (C=O) groups excluding carboxylic acids is 1. The predicted molar refractivity (Wildman–Crippen MR) is 65.2 cm³/mol. The van der Waals surface area contributed by atoms with E-state index in [1.54, 1.807) is 0 Å². The molecule has 1 heterocycles. The Kier molecular flexibility index (Phi) is 4.22. The largest absolute Gasteiger partial charge is 0.353 e. The molecule has 1 aliphatic carbocycles. The zero-order valence-electron chi connectivity index (χ0n) is 10.3. The van der Waals surface area contributed by atoms with E-state index in [2.05, 4.69) is 17.6 Å². The first kappa shape index (κ1) is 11.9. The van der Waals surface area contributed by atoms with Crippen LogP contribution in [0.2, 0.25) is 0 Å². The van der Waals surface area contributed by atoms with Crippen molar-refractivity contribution in [1.82, 2.24) is 10.6 Å². The molecule has 1 amide bonds. The first-order chi connectivity index (χ1) is 7.79. The van der Waals surface area contributed by atoms with Gasteiger partial charge in [-0.25, -0.2) is 0 Å². The average molecular weight is 224 g/mol. The van der Waals surface area contributed by atoms with Gasteiger partial charge in [-0.2, -0.15) is 0 Å². The molecule has 2 aliphatic rings. The van der Waals surface area contributed by atoms with E-state index in [4.69, 9.17) is 0 Å². The minimum Gasteiger partial charge on any atom is -0.353 e. The summed E-state index contributed by atoms with van der Waals surface area (Å²) >= 11 is 0. The summed E-state index contributed by atoms with van der Waals surface area (Å²) < 4.78 is 0. The fraction of sp³-hybridized carbons (Fsp3) is 0.923. The monoisotopic (exact) mass is 224 g/mol. The smallest absolute Gasteiger partial charge is 0.220 e. The van der Waals surface area contributed by atoms with Crippen LogP contribution in [0.3, 0.4) is 0 Å². The zero-order chi connectivity index (χ0) is 11.4. The van der Waals surface area contributed by atoms with Crippen LogP contribution >= 0.6 is 0 Å². The summed E-state index contributed by atoms with van der Waals surface area (Å²) in [7, 11) is 0. The van der Waals surface area contributed by atoms with Crippen LogP contribution in [-0.4, -0.2) is 25.0 Å². The summed E-state index contributed by atoms with van der Waals surface area (Å²) in [5, 5.41) is 6.50. The van der Waals surface area contributed by atoms with Crippen molar-refractivity contribution in [2.24, 2.45) is 11.8 Å². The van der Waals surface area contributed by atoms with Gasteiger partial charge in [0.05, 0.1) is 0 Å². The van der Waals surface area contributed by atoms with Gasteiger partial charge >= 0.3 is 0 Å². The van der Waals surface area contributed by atoms with E-state index < -0.39 is 0 Å². The SMILES string of the molecule is CCC1CC1NC(=O)CCC1CCNCC1. The van der Waals surface area contributed by atoms with Crippen molar-refractivity contribution < 1.29 is 4.79 Å². The molecule has 2 N–H and O–H groups in total. The second-order valence-corrected chi connectivity index (χ2v) is 5.31. The molecule has 1 aliphatic heterocycles. The van der Waals surface area contributed by atoms with Crippen molar-refractivity contribution >= 4 is 5.91 Å². The molecule has 2 fully saturated rings. The van der Waals surface area contributed by atoms with Crippen molar-refractivity contribution in [3.63, 3.8) is 0 Å². The second-order valence-electron chi connectivity index (χ2n) is 5.31. The first-order valence-electron chi connectivity index (χ1n) is 6.79. The van der Waals surface area contributed by atoms with Crippen LogP contribution in [0.15, 0.2) is 0 Å². The van der Waals surface area contributed by atoms with Crippen molar-refractivity contribution in [3.8, 4) is 0 Å². The Hall–Kier alpha value is -0.570. The summed E-state index contributed by atoms with van der Waals surface area (Å²) in [6.45, 7) is 4.46. The summed E-state index contributed by atoms with van der Waals surface area (Å²) in [5.74, 6) is 1.82. The zero-order valence-corrected chi connectivity index (χ0v) is 10.3. The van der Waals surface area contributed by atoms with Crippen LogP contribution in [0.5, 0.6) is 0 Å². The Labute approximate surface area is 98.4 Å². The molecular formula is C13H24N2O. The molecule has 2 atom stereocenters. The van der Waals surface area contributed by atoms with Crippen LogP contribution in [0.1, 0.15) is 45.4 Å². The topological polar surface area (TPSA) is 41.1 Å². The summed E-state index contributed by atoms with van der Waals surface area (Å²) in [5.41, 5.74) is 0. The number of amides is 1. The number of hydrogen-bond donors (Lipinski definition) is 2. The average Bonchev–Trinajstić information content (AvgIpc) is 3.06. The quantitative estimate of drug-likeness (QED) is 0.746. The van der Waals surface area contributed by atoms with Gasteiger partial charge in [-0.15, -0.1) is 0 Å². The second kappa shape index (κ2) is 5.67. The Morgan fingerprint density at radius 2 is 2.12 bits per heavy atom. The lowest BCUT2D eigenvalue weighted by Gasteiger charge is -2.22. The minimum atomic E-state index is 0.277. The van der Waals surface area contributed by atoms with Crippen LogP contribution in [0, 0.1) is 11.8 Å². The van der Waals surface area contributed by atoms with Crippen molar-refractivity contribution in [2.45, 2.75) is 51.5 Å². The van der Waals surface area contributed by atoms with E-state index in [0.717, 1.165) is 37.8 Å². The Bertz CT molecular complexity index is 236. The van der Waals surface area contributed by atoms with Crippen molar-refractivity contribution in [1.29, 1.82) is 0 Å². The van der Waals surface area contributed by atoms with Crippen molar-refractivity contribution in [2.75, 3.05) is 13.1 Å². The van der Waals surface area contributed by atoms with Gasteiger partial charge < -0.3 is 10.6 Å². The predicted octanol–water partition coefficient (Wildman–Crippen LogP) is 1.68. The number of carbonyl (C=O) groups is 1. The third kappa shape index (κ3) is 3.48. The molecule has 92 valence electrons. The number of hydrogen-bond acceptors (Lipinski definition) is 2. The molecule has 16 heavy (non-hydrogen) atoms. The van der Waals surface area contributed by atoms with Crippen LogP contribution in [-0.2, 0) is 4.79 Å². The highest BCUT2D eigenvalue weighted by atomic mass is 16.1. The first-order valence-corrected chi connectivity index (χ1v) is 6.79. The number of rotatable bonds is 5. The van der Waals surface area contributed by atoms with Crippen LogP contribution < -0.4 is 10.6 Å². The summed E-state index contributed by atoms with van der Waals surface area (Å²) in [6, 6.07) is 0.505. The van der Waals surface area contributed by atoms with Gasteiger partial charge in [0.15, 0.2) is 0 Å². The Morgan fingerprint density at radius 3 is 2.75 bits per heavy atom. The molecule has 1 saturated carbocycles. The highest BCUT2D eigenvalue weighted by molar-refractivity contribution is 5.76. The maximum Gasteiger partial charge on any atom is 0.220 e. The molecule has 0 spiro atoms. The van der Waals surface area contributed by atoms with Gasteiger partial charge in [-0.1, -0.05) is 13.3 Å². The molecule has 2 unspecified atom stereocenters. The van der Waals surface area contributed by atoms with Gasteiger partial charge in [0.2, 0.25) is 5.91 Å². The molecule has 0 aromatic carbocycles. The molecule has 0 bridgehead atoms. The number of piperidine rings is 1. The Morgan fingerprint density at radius 1 is 1.38 bits per heavy atom. The van der Waals surface area contributed by atoms with Gasteiger partial charge in [0.1, 0.15) is 0 Å². The van der Waals surface area contributed by atoms with Gasteiger partial charge in [0, 0.05) is 12.5 Å². The fourth-order valence-corrected chi connectivity index (χ4v) is 2.66. The third-order valence-corrected chi connectivity index (χ3v) is 4.03. The van der Waals surface area contributed by atoms with Gasteiger partial charge in [-0.05, 0) is 50.6 Å². The van der Waals surface area contributed by atoms with Gasteiger partial charge in [-0.3, -0.25) is 4.79 Å². The molecular weight excluding hydrogens is 200 g/mol. The highest BCUT2D eigenvalue weighted by Gasteiger charge is 2.36. The number of nitrogens with one attached hydrogen (secondary N) is 2. The lowest BCUT2D eigenvalue weighted by Crippen LogP contribution is -2.30. The molecule has 0 radical (unpaired) electrons.